The van der Waals surface area contributed by atoms with Crippen LogP contribution in [0, 0.1) is 17.0 Å². The highest BCUT2D eigenvalue weighted by Gasteiger charge is 2.14. The molecule has 0 spiro atoms. The lowest BCUT2D eigenvalue weighted by molar-refractivity contribution is -0.384. The van der Waals surface area contributed by atoms with E-state index in [2.05, 4.69) is 10.4 Å². The first-order chi connectivity index (χ1) is 14.0. The topological polar surface area (TPSA) is 116 Å². The molecular formula is C20H18N4O5. The number of aromatic nitrogens is 2. The van der Waals surface area contributed by atoms with Crippen molar-refractivity contribution in [2.75, 3.05) is 11.9 Å². The van der Waals surface area contributed by atoms with Crippen LogP contribution >= 0.6 is 0 Å². The van der Waals surface area contributed by atoms with Crippen LogP contribution < -0.4 is 10.1 Å². The van der Waals surface area contributed by atoms with Gasteiger partial charge in [0, 0.05) is 18.2 Å². The van der Waals surface area contributed by atoms with Gasteiger partial charge in [-0.05, 0) is 18.6 Å². The molecule has 3 aromatic rings. The van der Waals surface area contributed by atoms with E-state index < -0.39 is 10.8 Å². The average molecular weight is 394 g/mol. The van der Waals surface area contributed by atoms with Gasteiger partial charge in [0.15, 0.2) is 12.9 Å². The van der Waals surface area contributed by atoms with Gasteiger partial charge in [-0.25, -0.2) is 4.68 Å². The molecule has 2 aromatic carbocycles. The standard InChI is InChI=1S/C20H18N4O5/c1-14-3-2-4-15(9-14)11-23-19(7-8-21-23)22-20(26)13-29-18-6-5-17(24(27)28)10-16(18)12-25/h2-10,12H,11,13H2,1H3,(H,22,26). The number of hydrogen-bond donors (Lipinski definition) is 1. The predicted molar refractivity (Wildman–Crippen MR) is 105 cm³/mol. The fourth-order valence-corrected chi connectivity index (χ4v) is 2.74. The van der Waals surface area contributed by atoms with E-state index in [-0.39, 0.29) is 23.6 Å². The number of hydrogen-bond acceptors (Lipinski definition) is 6. The third-order valence-corrected chi connectivity index (χ3v) is 4.09. The van der Waals surface area contributed by atoms with Crippen LogP contribution in [0.4, 0.5) is 11.5 Å². The van der Waals surface area contributed by atoms with Gasteiger partial charge >= 0.3 is 0 Å². The zero-order chi connectivity index (χ0) is 20.8. The molecule has 0 unspecified atom stereocenters. The Kier molecular flexibility index (Phi) is 5.98. The number of nitrogens with zero attached hydrogens (tertiary/aromatic N) is 3. The molecule has 0 fully saturated rings. The Morgan fingerprint density at radius 2 is 2.10 bits per heavy atom. The van der Waals surface area contributed by atoms with Crippen molar-refractivity contribution < 1.29 is 19.2 Å². The van der Waals surface area contributed by atoms with Crippen LogP contribution in [-0.2, 0) is 11.3 Å². The van der Waals surface area contributed by atoms with E-state index in [1.165, 1.54) is 12.1 Å². The molecule has 0 aliphatic heterocycles. The highest BCUT2D eigenvalue weighted by atomic mass is 16.6. The third-order valence-electron chi connectivity index (χ3n) is 4.09. The van der Waals surface area contributed by atoms with Gasteiger partial charge in [-0.15, -0.1) is 0 Å². The van der Waals surface area contributed by atoms with Crippen LogP contribution in [0.2, 0.25) is 0 Å². The predicted octanol–water partition coefficient (Wildman–Crippen LogP) is 2.98. The van der Waals surface area contributed by atoms with E-state index in [0.29, 0.717) is 18.6 Å². The summed E-state index contributed by atoms with van der Waals surface area (Å²) in [5, 5.41) is 17.7. The van der Waals surface area contributed by atoms with Crippen molar-refractivity contribution in [2.24, 2.45) is 0 Å². The smallest absolute Gasteiger partial charge is 0.270 e. The first-order valence-corrected chi connectivity index (χ1v) is 8.70. The van der Waals surface area contributed by atoms with Crippen LogP contribution in [0.3, 0.4) is 0 Å². The van der Waals surface area contributed by atoms with Crippen molar-refractivity contribution in [1.82, 2.24) is 9.78 Å². The van der Waals surface area contributed by atoms with Crippen LogP contribution in [-0.4, -0.2) is 33.5 Å². The van der Waals surface area contributed by atoms with E-state index in [1.54, 1.807) is 16.9 Å². The van der Waals surface area contributed by atoms with Gasteiger partial charge in [0.2, 0.25) is 0 Å². The molecule has 29 heavy (non-hydrogen) atoms. The SMILES string of the molecule is Cc1cccc(Cn2nccc2NC(=O)COc2ccc([N+](=O)[O-])cc2C=O)c1. The Morgan fingerprint density at radius 1 is 1.28 bits per heavy atom. The molecule has 0 saturated heterocycles. The molecule has 0 radical (unpaired) electrons. The quantitative estimate of drug-likeness (QED) is 0.357. The average Bonchev–Trinajstić information content (AvgIpc) is 3.12. The number of aldehydes is 1. The summed E-state index contributed by atoms with van der Waals surface area (Å²) in [5.74, 6) is 0.139. The lowest BCUT2D eigenvalue weighted by Gasteiger charge is -2.11. The molecule has 0 aliphatic carbocycles. The Morgan fingerprint density at radius 3 is 2.83 bits per heavy atom. The summed E-state index contributed by atoms with van der Waals surface area (Å²) in [6.45, 7) is 2.12. The summed E-state index contributed by atoms with van der Waals surface area (Å²) >= 11 is 0. The van der Waals surface area contributed by atoms with E-state index in [0.717, 1.165) is 17.2 Å². The number of non-ortho nitro benzene ring substituents is 1. The maximum Gasteiger partial charge on any atom is 0.270 e. The summed E-state index contributed by atoms with van der Waals surface area (Å²) in [7, 11) is 0. The molecule has 1 amide bonds. The van der Waals surface area contributed by atoms with E-state index in [4.69, 9.17) is 4.74 Å². The van der Waals surface area contributed by atoms with Crippen molar-refractivity contribution >= 4 is 23.7 Å². The van der Waals surface area contributed by atoms with Crippen molar-refractivity contribution in [3.63, 3.8) is 0 Å². The number of nitro benzene ring substituents is 1. The summed E-state index contributed by atoms with van der Waals surface area (Å²) in [6, 6.07) is 13.2. The largest absolute Gasteiger partial charge is 0.483 e. The second-order valence-electron chi connectivity index (χ2n) is 6.30. The molecule has 3 rings (SSSR count). The molecule has 9 heteroatoms. The summed E-state index contributed by atoms with van der Waals surface area (Å²) in [6.07, 6.45) is 2.02. The highest BCUT2D eigenvalue weighted by Crippen LogP contribution is 2.22. The molecule has 9 nitrogen and oxygen atoms in total. The first-order valence-electron chi connectivity index (χ1n) is 8.70. The Balaban J connectivity index is 1.63. The number of carbonyl (C=O) groups excluding carboxylic acids is 2. The van der Waals surface area contributed by atoms with Gasteiger partial charge in [-0.1, -0.05) is 29.8 Å². The minimum Gasteiger partial charge on any atom is -0.483 e. The lowest BCUT2D eigenvalue weighted by Crippen LogP contribution is -2.22. The molecule has 0 saturated carbocycles. The van der Waals surface area contributed by atoms with Gasteiger partial charge in [-0.3, -0.25) is 19.7 Å². The lowest BCUT2D eigenvalue weighted by atomic mass is 10.1. The van der Waals surface area contributed by atoms with Crippen LogP contribution in [0.15, 0.2) is 54.7 Å². The van der Waals surface area contributed by atoms with E-state index in [9.17, 15) is 19.7 Å². The van der Waals surface area contributed by atoms with Gasteiger partial charge in [-0.2, -0.15) is 5.10 Å². The summed E-state index contributed by atoms with van der Waals surface area (Å²) in [4.78, 5) is 33.5. The number of nitrogens with one attached hydrogen (secondary N) is 1. The number of aryl methyl sites for hydroxylation is 1. The highest BCUT2D eigenvalue weighted by molar-refractivity contribution is 5.91. The van der Waals surface area contributed by atoms with E-state index in [1.807, 2.05) is 31.2 Å². The third kappa shape index (κ3) is 5.04. The zero-order valence-electron chi connectivity index (χ0n) is 15.6. The fourth-order valence-electron chi connectivity index (χ4n) is 2.74. The molecule has 0 bridgehead atoms. The molecule has 1 aromatic heterocycles. The summed E-state index contributed by atoms with van der Waals surface area (Å²) < 4.78 is 7.00. The van der Waals surface area contributed by atoms with Gasteiger partial charge in [0.25, 0.3) is 11.6 Å². The molecule has 0 aliphatic rings. The number of anilines is 1. The Bertz CT molecular complexity index is 1060. The van der Waals surface area contributed by atoms with Gasteiger partial charge in [0.05, 0.1) is 23.2 Å². The van der Waals surface area contributed by atoms with Crippen molar-refractivity contribution in [2.45, 2.75) is 13.5 Å². The monoisotopic (exact) mass is 394 g/mol. The molecule has 1 heterocycles. The maximum atomic E-state index is 12.2. The van der Waals surface area contributed by atoms with Crippen molar-refractivity contribution in [3.8, 4) is 5.75 Å². The number of rotatable bonds is 8. The number of amides is 1. The number of ether oxygens (including phenoxy) is 1. The fraction of sp³-hybridized carbons (Fsp3) is 0.150. The molecular weight excluding hydrogens is 376 g/mol. The van der Waals surface area contributed by atoms with Crippen molar-refractivity contribution in [1.29, 1.82) is 0 Å². The Hall–Kier alpha value is -4.01. The number of carbonyl (C=O) groups is 2. The second kappa shape index (κ2) is 8.79. The maximum absolute atomic E-state index is 12.2. The second-order valence-corrected chi connectivity index (χ2v) is 6.30. The van der Waals surface area contributed by atoms with Crippen LogP contribution in [0.1, 0.15) is 21.5 Å². The minimum atomic E-state index is -0.612. The Labute approximate surface area is 166 Å². The molecule has 0 atom stereocenters. The summed E-state index contributed by atoms with van der Waals surface area (Å²) in [5.41, 5.74) is 1.94. The molecule has 148 valence electrons. The normalized spacial score (nSPS) is 10.4. The van der Waals surface area contributed by atoms with Gasteiger partial charge < -0.3 is 10.1 Å². The number of benzene rings is 2. The van der Waals surface area contributed by atoms with E-state index >= 15 is 0 Å². The van der Waals surface area contributed by atoms with Gasteiger partial charge in [0.1, 0.15) is 11.6 Å². The first kappa shape index (κ1) is 19.7. The molecule has 1 N–H and O–H groups in total. The van der Waals surface area contributed by atoms with Crippen LogP contribution in [0.5, 0.6) is 5.75 Å². The minimum absolute atomic E-state index is 0.00325. The van der Waals surface area contributed by atoms with Crippen molar-refractivity contribution in [3.05, 3.63) is 81.5 Å². The number of nitro groups is 1. The van der Waals surface area contributed by atoms with Crippen LogP contribution in [0.25, 0.3) is 0 Å². The zero-order valence-corrected chi connectivity index (χ0v) is 15.6.